The molecule has 1 atom stereocenters. The zero-order valence-electron chi connectivity index (χ0n) is 9.68. The lowest BCUT2D eigenvalue weighted by Gasteiger charge is -2.19. The molecular weight excluding hydrogens is 188 g/mol. The quantitative estimate of drug-likeness (QED) is 0.651. The largest absolute Gasteiger partial charge is 0.299 e. The first kappa shape index (κ1) is 11.7. The maximum Gasteiger partial charge on any atom is 0.136 e. The van der Waals surface area contributed by atoms with E-state index < -0.39 is 8.07 Å². The van der Waals surface area contributed by atoms with Crippen LogP contribution >= 0.6 is 0 Å². The van der Waals surface area contributed by atoms with Gasteiger partial charge in [-0.05, 0) is 19.3 Å². The van der Waals surface area contributed by atoms with Gasteiger partial charge < -0.3 is 0 Å². The van der Waals surface area contributed by atoms with Gasteiger partial charge in [0.05, 0.1) is 8.07 Å². The van der Waals surface area contributed by atoms with E-state index in [0.29, 0.717) is 11.7 Å². The van der Waals surface area contributed by atoms with Crippen LogP contribution in [-0.2, 0) is 4.79 Å². The molecule has 0 spiro atoms. The molecule has 1 aliphatic rings. The summed E-state index contributed by atoms with van der Waals surface area (Å²) in [5.41, 5.74) is 2.36. The molecule has 0 aromatic carbocycles. The highest BCUT2D eigenvalue weighted by Crippen LogP contribution is 2.23. The molecule has 1 aliphatic carbocycles. The fourth-order valence-electron chi connectivity index (χ4n) is 1.89. The van der Waals surface area contributed by atoms with Gasteiger partial charge in [-0.1, -0.05) is 37.8 Å². The lowest BCUT2D eigenvalue weighted by molar-refractivity contribution is -0.124. The second kappa shape index (κ2) is 4.92. The van der Waals surface area contributed by atoms with Crippen molar-refractivity contribution in [1.82, 2.24) is 0 Å². The number of ketones is 1. The number of allylic oxidation sites excluding steroid dienone is 1. The summed E-state index contributed by atoms with van der Waals surface area (Å²) in [4.78, 5) is 11.5. The zero-order chi connectivity index (χ0) is 10.6. The molecule has 14 heavy (non-hydrogen) atoms. The Hall–Kier alpha value is -0.373. The average Bonchev–Trinajstić information content (AvgIpc) is 2.06. The van der Waals surface area contributed by atoms with Crippen molar-refractivity contribution in [3.63, 3.8) is 0 Å². The number of carbonyl (C=O) groups is 1. The normalized spacial score (nSPS) is 24.5. The van der Waals surface area contributed by atoms with E-state index in [2.05, 4.69) is 31.4 Å². The lowest BCUT2D eigenvalue weighted by Crippen LogP contribution is -2.19. The van der Waals surface area contributed by atoms with Crippen LogP contribution in [0.4, 0.5) is 0 Å². The molecule has 0 saturated heterocycles. The summed E-state index contributed by atoms with van der Waals surface area (Å²) >= 11 is 0. The molecule has 1 rings (SSSR count). The number of hydrogen-bond donors (Lipinski definition) is 0. The van der Waals surface area contributed by atoms with E-state index in [1.807, 2.05) is 0 Å². The Morgan fingerprint density at radius 2 is 2.07 bits per heavy atom. The molecule has 1 fully saturated rings. The third-order valence-electron chi connectivity index (χ3n) is 2.72. The Morgan fingerprint density at radius 1 is 1.36 bits per heavy atom. The predicted molar refractivity (Wildman–Crippen MR) is 64.1 cm³/mol. The van der Waals surface area contributed by atoms with Gasteiger partial charge in [0.25, 0.3) is 0 Å². The molecule has 1 unspecified atom stereocenters. The molecular formula is C12H22OSi. The number of rotatable bonds is 3. The maximum atomic E-state index is 11.5. The van der Waals surface area contributed by atoms with Crippen molar-refractivity contribution in [2.24, 2.45) is 5.92 Å². The molecule has 2 heteroatoms. The van der Waals surface area contributed by atoms with Crippen LogP contribution in [0.5, 0.6) is 0 Å². The van der Waals surface area contributed by atoms with Crippen molar-refractivity contribution in [3.8, 4) is 0 Å². The first-order valence-corrected chi connectivity index (χ1v) is 9.27. The summed E-state index contributed by atoms with van der Waals surface area (Å²) in [6.07, 6.45) is 7.55. The molecule has 0 N–H and O–H groups in total. The predicted octanol–water partition coefficient (Wildman–Crippen LogP) is 3.57. The van der Waals surface area contributed by atoms with Crippen molar-refractivity contribution in [1.29, 1.82) is 0 Å². The molecule has 1 saturated carbocycles. The molecule has 0 aromatic rings. The number of Topliss-reactive ketones (excluding diaryl/α,β-unsaturated/α-hetero) is 1. The highest BCUT2D eigenvalue weighted by Gasteiger charge is 2.20. The fourth-order valence-corrected chi connectivity index (χ4v) is 2.73. The van der Waals surface area contributed by atoms with Crippen molar-refractivity contribution < 1.29 is 4.79 Å². The first-order valence-electron chi connectivity index (χ1n) is 5.69. The van der Waals surface area contributed by atoms with E-state index >= 15 is 0 Å². The minimum Gasteiger partial charge on any atom is -0.299 e. The van der Waals surface area contributed by atoms with Crippen molar-refractivity contribution in [2.75, 3.05) is 0 Å². The topological polar surface area (TPSA) is 17.1 Å². The third kappa shape index (κ3) is 4.23. The van der Waals surface area contributed by atoms with Gasteiger partial charge in [0.2, 0.25) is 0 Å². The molecule has 0 aromatic heterocycles. The summed E-state index contributed by atoms with van der Waals surface area (Å²) in [5.74, 6) is 0.841. The molecule has 0 bridgehead atoms. The van der Waals surface area contributed by atoms with E-state index in [1.165, 1.54) is 6.42 Å². The van der Waals surface area contributed by atoms with Crippen LogP contribution in [0.25, 0.3) is 0 Å². The maximum absolute atomic E-state index is 11.5. The molecule has 80 valence electrons. The van der Waals surface area contributed by atoms with Gasteiger partial charge >= 0.3 is 0 Å². The van der Waals surface area contributed by atoms with E-state index in [1.54, 1.807) is 0 Å². The Bertz CT molecular complexity index is 225. The fraction of sp³-hybridized carbons (Fsp3) is 0.750. The van der Waals surface area contributed by atoms with Crippen molar-refractivity contribution in [2.45, 2.75) is 51.7 Å². The Labute approximate surface area is 88.6 Å². The standard InChI is InChI=1S/C12H22OSi/c1-14(2,3)10-6-8-11-7-4-5-9-12(11)13/h6,10-11H,4-5,7-9H2,1-3H3/b10-6+. The van der Waals surface area contributed by atoms with Gasteiger partial charge in [0.1, 0.15) is 5.78 Å². The van der Waals surface area contributed by atoms with Crippen LogP contribution in [0, 0.1) is 5.92 Å². The number of hydrogen-bond acceptors (Lipinski definition) is 1. The summed E-state index contributed by atoms with van der Waals surface area (Å²) < 4.78 is 0. The molecule has 0 radical (unpaired) electrons. The van der Waals surface area contributed by atoms with Gasteiger partial charge in [0.15, 0.2) is 0 Å². The Kier molecular flexibility index (Phi) is 4.11. The molecule has 0 heterocycles. The van der Waals surface area contributed by atoms with E-state index in [4.69, 9.17) is 0 Å². The van der Waals surface area contributed by atoms with Crippen LogP contribution in [0.2, 0.25) is 19.6 Å². The van der Waals surface area contributed by atoms with Crippen LogP contribution < -0.4 is 0 Å². The van der Waals surface area contributed by atoms with Gasteiger partial charge in [0, 0.05) is 12.3 Å². The Morgan fingerprint density at radius 3 is 2.64 bits per heavy atom. The zero-order valence-corrected chi connectivity index (χ0v) is 10.7. The van der Waals surface area contributed by atoms with Crippen molar-refractivity contribution in [3.05, 3.63) is 11.8 Å². The second-order valence-corrected chi connectivity index (χ2v) is 10.5. The summed E-state index contributed by atoms with van der Waals surface area (Å²) in [6.45, 7) is 6.98. The van der Waals surface area contributed by atoms with Crippen LogP contribution in [-0.4, -0.2) is 13.9 Å². The van der Waals surface area contributed by atoms with Crippen LogP contribution in [0.3, 0.4) is 0 Å². The molecule has 0 amide bonds. The van der Waals surface area contributed by atoms with Gasteiger partial charge in [-0.3, -0.25) is 4.79 Å². The Balaban J connectivity index is 2.36. The average molecular weight is 210 g/mol. The van der Waals surface area contributed by atoms with Gasteiger partial charge in [-0.2, -0.15) is 0 Å². The minimum absolute atomic E-state index is 0.344. The first-order chi connectivity index (χ1) is 6.49. The summed E-state index contributed by atoms with van der Waals surface area (Å²) in [6, 6.07) is 0. The second-order valence-electron chi connectivity index (χ2n) is 5.41. The highest BCUT2D eigenvalue weighted by atomic mass is 28.3. The van der Waals surface area contributed by atoms with E-state index in [9.17, 15) is 4.79 Å². The lowest BCUT2D eigenvalue weighted by atomic mass is 9.86. The summed E-state index contributed by atoms with van der Waals surface area (Å²) in [7, 11) is -1.06. The van der Waals surface area contributed by atoms with Gasteiger partial charge in [-0.15, -0.1) is 0 Å². The smallest absolute Gasteiger partial charge is 0.136 e. The molecule has 1 nitrogen and oxygen atoms in total. The SMILES string of the molecule is C[Si](C)(C)/C=C/CC1CCCCC1=O. The number of carbonyl (C=O) groups excluding carboxylic acids is 1. The van der Waals surface area contributed by atoms with E-state index in [-0.39, 0.29) is 0 Å². The highest BCUT2D eigenvalue weighted by molar-refractivity contribution is 6.80. The minimum atomic E-state index is -1.06. The third-order valence-corrected chi connectivity index (χ3v) is 3.96. The van der Waals surface area contributed by atoms with E-state index in [0.717, 1.165) is 25.7 Å². The molecule has 0 aliphatic heterocycles. The monoisotopic (exact) mass is 210 g/mol. The van der Waals surface area contributed by atoms with Crippen LogP contribution in [0.15, 0.2) is 11.8 Å². The summed E-state index contributed by atoms with van der Waals surface area (Å²) in [5, 5.41) is 0. The van der Waals surface area contributed by atoms with Crippen molar-refractivity contribution >= 4 is 13.9 Å². The van der Waals surface area contributed by atoms with Crippen LogP contribution in [0.1, 0.15) is 32.1 Å². The van der Waals surface area contributed by atoms with Gasteiger partial charge in [-0.25, -0.2) is 0 Å².